The fraction of sp³-hybridized carbons (Fsp3) is 0.0769. The average Bonchev–Trinajstić information content (AvgIpc) is 2.94. The number of rotatable bonds is 4. The molecular weight excluding hydrogens is 272 g/mol. The Morgan fingerprint density at radius 2 is 2.00 bits per heavy atom. The Bertz CT molecular complexity index is 625. The first-order chi connectivity index (χ1) is 9.56. The molecule has 1 heterocycles. The van der Waals surface area contributed by atoms with E-state index in [-0.39, 0.29) is 11.3 Å². The molecule has 0 radical (unpaired) electrons. The molecule has 0 aliphatic heterocycles. The second-order valence-electron chi connectivity index (χ2n) is 3.77. The van der Waals surface area contributed by atoms with Crippen molar-refractivity contribution in [3.05, 3.63) is 54.0 Å². The van der Waals surface area contributed by atoms with Gasteiger partial charge in [-0.15, -0.1) is 0 Å². The van der Waals surface area contributed by atoms with Crippen molar-refractivity contribution in [3.8, 4) is 0 Å². The van der Waals surface area contributed by atoms with E-state index in [1.165, 1.54) is 24.7 Å². The zero-order valence-corrected chi connectivity index (χ0v) is 10.1. The van der Waals surface area contributed by atoms with Crippen molar-refractivity contribution >= 4 is 17.6 Å². The van der Waals surface area contributed by atoms with Gasteiger partial charge in [0, 0.05) is 11.8 Å². The monoisotopic (exact) mass is 281 g/mol. The number of anilines is 1. The van der Waals surface area contributed by atoms with E-state index >= 15 is 0 Å². The predicted molar refractivity (Wildman–Crippen MR) is 64.0 cm³/mol. The normalized spacial score (nSPS) is 10.1. The van der Waals surface area contributed by atoms with Crippen LogP contribution < -0.4 is 5.32 Å². The van der Waals surface area contributed by atoms with Crippen LogP contribution in [0.2, 0.25) is 0 Å². The molecule has 20 heavy (non-hydrogen) atoms. The lowest BCUT2D eigenvalue weighted by Crippen LogP contribution is -2.20. The lowest BCUT2D eigenvalue weighted by atomic mass is 10.3. The Balaban J connectivity index is 1.86. The van der Waals surface area contributed by atoms with Crippen LogP contribution in [0.15, 0.2) is 41.2 Å². The lowest BCUT2D eigenvalue weighted by Gasteiger charge is -2.06. The molecule has 2 rings (SSSR count). The number of carbonyl (C=O) groups is 2. The topological polar surface area (TPSA) is 68.5 Å². The Kier molecular flexibility index (Phi) is 4.09. The molecule has 0 aliphatic rings. The maximum atomic E-state index is 12.9. The summed E-state index contributed by atoms with van der Waals surface area (Å²) < 4.78 is 35.0. The highest BCUT2D eigenvalue weighted by molar-refractivity contribution is 5.95. The number of furan rings is 1. The summed E-state index contributed by atoms with van der Waals surface area (Å²) in [6, 6.07) is 4.28. The van der Waals surface area contributed by atoms with Crippen LogP contribution in [0.3, 0.4) is 0 Å². The van der Waals surface area contributed by atoms with Crippen LogP contribution in [0, 0.1) is 11.6 Å². The first-order valence-electron chi connectivity index (χ1n) is 5.50. The van der Waals surface area contributed by atoms with E-state index in [1.807, 2.05) is 0 Å². The van der Waals surface area contributed by atoms with Crippen molar-refractivity contribution in [2.45, 2.75) is 0 Å². The average molecular weight is 281 g/mol. The van der Waals surface area contributed by atoms with Crippen LogP contribution in [0.25, 0.3) is 0 Å². The molecule has 0 saturated carbocycles. The van der Waals surface area contributed by atoms with Crippen LogP contribution in [0.1, 0.15) is 10.4 Å². The molecule has 0 fully saturated rings. The van der Waals surface area contributed by atoms with Gasteiger partial charge in [-0.05, 0) is 18.2 Å². The number of hydrogen-bond acceptors (Lipinski definition) is 4. The fourth-order valence-electron chi connectivity index (χ4n) is 1.37. The van der Waals surface area contributed by atoms with Crippen LogP contribution >= 0.6 is 0 Å². The first kappa shape index (κ1) is 13.7. The molecule has 0 atom stereocenters. The number of nitrogens with one attached hydrogen (secondary N) is 1. The number of esters is 1. The quantitative estimate of drug-likeness (QED) is 0.873. The SMILES string of the molecule is O=C(COC(=O)c1ccoc1)Nc1ccc(F)c(F)c1. The molecule has 2 aromatic rings. The molecule has 1 amide bonds. The van der Waals surface area contributed by atoms with Crippen molar-refractivity contribution in [1.82, 2.24) is 0 Å². The maximum Gasteiger partial charge on any atom is 0.341 e. The summed E-state index contributed by atoms with van der Waals surface area (Å²) in [5.74, 6) is -3.50. The van der Waals surface area contributed by atoms with Crippen LogP contribution in [-0.2, 0) is 9.53 Å². The number of hydrogen-bond donors (Lipinski definition) is 1. The molecule has 104 valence electrons. The second-order valence-corrected chi connectivity index (χ2v) is 3.77. The molecule has 0 unspecified atom stereocenters. The summed E-state index contributed by atoms with van der Waals surface area (Å²) in [5, 5.41) is 2.26. The summed E-state index contributed by atoms with van der Waals surface area (Å²) in [6.07, 6.45) is 2.47. The Labute approximate surface area is 112 Å². The smallest absolute Gasteiger partial charge is 0.341 e. The second kappa shape index (κ2) is 5.96. The summed E-state index contributed by atoms with van der Waals surface area (Å²) in [6.45, 7) is -0.553. The Morgan fingerprint density at radius 3 is 2.65 bits per heavy atom. The van der Waals surface area contributed by atoms with Gasteiger partial charge in [0.15, 0.2) is 18.2 Å². The molecule has 1 N–H and O–H groups in total. The van der Waals surface area contributed by atoms with Crippen molar-refractivity contribution < 1.29 is 27.5 Å². The summed E-state index contributed by atoms with van der Waals surface area (Å²) in [4.78, 5) is 22.8. The van der Waals surface area contributed by atoms with Crippen LogP contribution in [0.4, 0.5) is 14.5 Å². The van der Waals surface area contributed by atoms with Gasteiger partial charge in [0.25, 0.3) is 5.91 Å². The molecule has 0 aliphatic carbocycles. The number of halogens is 2. The zero-order valence-electron chi connectivity index (χ0n) is 10.1. The molecule has 0 saturated heterocycles. The van der Waals surface area contributed by atoms with E-state index in [1.54, 1.807) is 0 Å². The number of amides is 1. The van der Waals surface area contributed by atoms with Gasteiger partial charge >= 0.3 is 5.97 Å². The molecule has 5 nitrogen and oxygen atoms in total. The first-order valence-corrected chi connectivity index (χ1v) is 5.50. The van der Waals surface area contributed by atoms with Gasteiger partial charge in [-0.25, -0.2) is 13.6 Å². The van der Waals surface area contributed by atoms with E-state index in [9.17, 15) is 18.4 Å². The Morgan fingerprint density at radius 1 is 1.20 bits per heavy atom. The van der Waals surface area contributed by atoms with Gasteiger partial charge in [-0.3, -0.25) is 4.79 Å². The van der Waals surface area contributed by atoms with Crippen LogP contribution in [-0.4, -0.2) is 18.5 Å². The molecule has 1 aromatic heterocycles. The highest BCUT2D eigenvalue weighted by Gasteiger charge is 2.12. The lowest BCUT2D eigenvalue weighted by molar-refractivity contribution is -0.119. The Hall–Kier alpha value is -2.70. The van der Waals surface area contributed by atoms with Crippen molar-refractivity contribution in [2.24, 2.45) is 0 Å². The van der Waals surface area contributed by atoms with E-state index in [2.05, 4.69) is 9.73 Å². The van der Waals surface area contributed by atoms with Crippen LogP contribution in [0.5, 0.6) is 0 Å². The van der Waals surface area contributed by atoms with E-state index in [0.717, 1.165) is 12.1 Å². The van der Waals surface area contributed by atoms with Gasteiger partial charge in [-0.1, -0.05) is 0 Å². The van der Waals surface area contributed by atoms with E-state index in [0.29, 0.717) is 0 Å². The number of ether oxygens (including phenoxy) is 1. The highest BCUT2D eigenvalue weighted by Crippen LogP contribution is 2.13. The minimum Gasteiger partial charge on any atom is -0.472 e. The van der Waals surface area contributed by atoms with Crippen molar-refractivity contribution in [1.29, 1.82) is 0 Å². The fourth-order valence-corrected chi connectivity index (χ4v) is 1.37. The molecule has 0 bridgehead atoms. The summed E-state index contributed by atoms with van der Waals surface area (Å²) in [5.41, 5.74) is 0.235. The van der Waals surface area contributed by atoms with Gasteiger partial charge < -0.3 is 14.5 Å². The maximum absolute atomic E-state index is 12.9. The highest BCUT2D eigenvalue weighted by atomic mass is 19.2. The van der Waals surface area contributed by atoms with Gasteiger partial charge in [-0.2, -0.15) is 0 Å². The molecular formula is C13H9F2NO4. The summed E-state index contributed by atoms with van der Waals surface area (Å²) in [7, 11) is 0. The summed E-state index contributed by atoms with van der Waals surface area (Å²) >= 11 is 0. The van der Waals surface area contributed by atoms with E-state index in [4.69, 9.17) is 4.74 Å². The standard InChI is InChI=1S/C13H9F2NO4/c14-10-2-1-9(5-11(10)15)16-12(17)7-20-13(18)8-3-4-19-6-8/h1-6H,7H2,(H,16,17). The van der Waals surface area contributed by atoms with Crippen molar-refractivity contribution in [3.63, 3.8) is 0 Å². The predicted octanol–water partition coefficient (Wildman–Crippen LogP) is 2.35. The third kappa shape index (κ3) is 3.41. The third-order valence-corrected chi connectivity index (χ3v) is 2.29. The zero-order chi connectivity index (χ0) is 14.5. The minimum atomic E-state index is -1.09. The molecule has 7 heteroatoms. The van der Waals surface area contributed by atoms with Gasteiger partial charge in [0.1, 0.15) is 6.26 Å². The number of carbonyl (C=O) groups excluding carboxylic acids is 2. The van der Waals surface area contributed by atoms with Crippen molar-refractivity contribution in [2.75, 3.05) is 11.9 Å². The third-order valence-electron chi connectivity index (χ3n) is 2.29. The molecule has 1 aromatic carbocycles. The van der Waals surface area contributed by atoms with Gasteiger partial charge in [0.05, 0.1) is 11.8 Å². The van der Waals surface area contributed by atoms with E-state index < -0.39 is 30.1 Å². The molecule has 0 spiro atoms. The largest absolute Gasteiger partial charge is 0.472 e. The number of benzene rings is 1. The minimum absolute atomic E-state index is 0.0632. The van der Waals surface area contributed by atoms with Gasteiger partial charge in [0.2, 0.25) is 0 Å².